The fourth-order valence-electron chi connectivity index (χ4n) is 2.63. The van der Waals surface area contributed by atoms with Crippen molar-refractivity contribution >= 4 is 5.69 Å². The van der Waals surface area contributed by atoms with E-state index in [4.69, 9.17) is 4.74 Å². The first kappa shape index (κ1) is 14.7. The topological polar surface area (TPSA) is 67.6 Å². The van der Waals surface area contributed by atoms with Crippen LogP contribution in [0, 0.1) is 10.1 Å². The van der Waals surface area contributed by atoms with Gasteiger partial charge in [0.25, 0.3) is 5.69 Å². The molecule has 0 radical (unpaired) electrons. The average molecular weight is 279 g/mol. The molecule has 6 heteroatoms. The second-order valence-corrected chi connectivity index (χ2v) is 5.16. The Bertz CT molecular complexity index is 479. The molecule has 1 aliphatic heterocycles. The maximum atomic E-state index is 10.8. The van der Waals surface area contributed by atoms with E-state index in [1.807, 2.05) is 0 Å². The summed E-state index contributed by atoms with van der Waals surface area (Å²) in [6.07, 6.45) is 2.44. The number of nitro benzene ring substituents is 1. The maximum Gasteiger partial charge on any atom is 0.270 e. The molecule has 1 unspecified atom stereocenters. The van der Waals surface area contributed by atoms with E-state index in [1.54, 1.807) is 19.2 Å². The zero-order chi connectivity index (χ0) is 14.5. The van der Waals surface area contributed by atoms with Gasteiger partial charge in [-0.1, -0.05) is 0 Å². The van der Waals surface area contributed by atoms with Crippen LogP contribution < -0.4 is 10.1 Å². The smallest absolute Gasteiger partial charge is 0.270 e. The Morgan fingerprint density at radius 3 is 2.95 bits per heavy atom. The molecule has 0 aromatic heterocycles. The summed E-state index contributed by atoms with van der Waals surface area (Å²) in [6.45, 7) is 2.62. The number of rotatable bonds is 6. The van der Waals surface area contributed by atoms with Crippen LogP contribution in [-0.2, 0) is 6.54 Å². The largest absolute Gasteiger partial charge is 0.496 e. The van der Waals surface area contributed by atoms with Crippen LogP contribution in [0.25, 0.3) is 0 Å². The highest BCUT2D eigenvalue weighted by Gasteiger charge is 2.20. The van der Waals surface area contributed by atoms with Gasteiger partial charge in [-0.15, -0.1) is 0 Å². The Morgan fingerprint density at radius 2 is 2.35 bits per heavy atom. The molecule has 1 heterocycles. The second kappa shape index (κ2) is 6.67. The minimum Gasteiger partial charge on any atom is -0.496 e. The molecule has 1 aromatic carbocycles. The molecule has 6 nitrogen and oxygen atoms in total. The van der Waals surface area contributed by atoms with Crippen molar-refractivity contribution in [2.45, 2.75) is 25.4 Å². The normalized spacial score (nSPS) is 19.2. The van der Waals surface area contributed by atoms with E-state index in [-0.39, 0.29) is 10.6 Å². The molecule has 0 aliphatic carbocycles. The maximum absolute atomic E-state index is 10.8. The van der Waals surface area contributed by atoms with Crippen LogP contribution in [0.15, 0.2) is 18.2 Å². The Kier molecular flexibility index (Phi) is 4.92. The number of methoxy groups -OCH3 is 1. The molecule has 1 aromatic rings. The molecule has 110 valence electrons. The summed E-state index contributed by atoms with van der Waals surface area (Å²) in [5.74, 6) is 0.683. The van der Waals surface area contributed by atoms with Gasteiger partial charge in [-0.3, -0.25) is 10.1 Å². The molecule has 1 atom stereocenters. The average Bonchev–Trinajstić information content (AvgIpc) is 2.84. The van der Waals surface area contributed by atoms with Crippen molar-refractivity contribution in [3.8, 4) is 5.75 Å². The van der Waals surface area contributed by atoms with Crippen molar-refractivity contribution in [1.82, 2.24) is 10.2 Å². The number of non-ortho nitro benzene ring substituents is 1. The summed E-state index contributed by atoms with van der Waals surface area (Å²) in [5, 5.41) is 14.2. The number of nitrogens with zero attached hydrogens (tertiary/aromatic N) is 2. The Morgan fingerprint density at radius 1 is 1.55 bits per heavy atom. The number of nitrogens with one attached hydrogen (secondary N) is 1. The van der Waals surface area contributed by atoms with E-state index < -0.39 is 0 Å². The van der Waals surface area contributed by atoms with Crippen molar-refractivity contribution in [1.29, 1.82) is 0 Å². The molecule has 1 saturated heterocycles. The molecule has 20 heavy (non-hydrogen) atoms. The van der Waals surface area contributed by atoms with Crippen molar-refractivity contribution in [2.24, 2.45) is 0 Å². The van der Waals surface area contributed by atoms with Crippen molar-refractivity contribution < 1.29 is 9.66 Å². The lowest BCUT2D eigenvalue weighted by molar-refractivity contribution is -0.384. The fraction of sp³-hybridized carbons (Fsp3) is 0.571. The number of nitro groups is 1. The van der Waals surface area contributed by atoms with Gasteiger partial charge in [-0.2, -0.15) is 0 Å². The Hall–Kier alpha value is -1.66. The van der Waals surface area contributed by atoms with Crippen LogP contribution in [0.3, 0.4) is 0 Å². The van der Waals surface area contributed by atoms with E-state index >= 15 is 0 Å². The van der Waals surface area contributed by atoms with Crippen LogP contribution in [0.1, 0.15) is 18.4 Å². The van der Waals surface area contributed by atoms with Gasteiger partial charge in [0.15, 0.2) is 0 Å². The Balaban J connectivity index is 1.96. The minimum absolute atomic E-state index is 0.0978. The molecule has 0 amide bonds. The molecule has 0 bridgehead atoms. The van der Waals surface area contributed by atoms with Crippen LogP contribution >= 0.6 is 0 Å². The van der Waals surface area contributed by atoms with E-state index in [0.29, 0.717) is 18.3 Å². The predicted octanol–water partition coefficient (Wildman–Crippen LogP) is 1.79. The number of benzene rings is 1. The summed E-state index contributed by atoms with van der Waals surface area (Å²) < 4.78 is 5.25. The third-order valence-corrected chi connectivity index (χ3v) is 3.84. The van der Waals surface area contributed by atoms with Crippen molar-refractivity contribution in [2.75, 3.05) is 27.2 Å². The third kappa shape index (κ3) is 3.46. The van der Waals surface area contributed by atoms with E-state index in [2.05, 4.69) is 17.3 Å². The second-order valence-electron chi connectivity index (χ2n) is 5.16. The van der Waals surface area contributed by atoms with Crippen LogP contribution in [0.2, 0.25) is 0 Å². The van der Waals surface area contributed by atoms with Gasteiger partial charge in [-0.05, 0) is 32.5 Å². The van der Waals surface area contributed by atoms with Crippen molar-refractivity contribution in [3.63, 3.8) is 0 Å². The van der Waals surface area contributed by atoms with Gasteiger partial charge < -0.3 is 15.0 Å². The molecule has 2 rings (SSSR count). The molecular weight excluding hydrogens is 258 g/mol. The van der Waals surface area contributed by atoms with Gasteiger partial charge >= 0.3 is 0 Å². The first-order chi connectivity index (χ1) is 9.61. The predicted molar refractivity (Wildman–Crippen MR) is 77.0 cm³/mol. The highest BCUT2D eigenvalue weighted by Crippen LogP contribution is 2.24. The molecule has 1 fully saturated rings. The zero-order valence-corrected chi connectivity index (χ0v) is 12.0. The van der Waals surface area contributed by atoms with Crippen LogP contribution in [0.5, 0.6) is 5.75 Å². The lowest BCUT2D eigenvalue weighted by Gasteiger charge is -2.20. The van der Waals surface area contributed by atoms with Gasteiger partial charge in [0, 0.05) is 36.8 Å². The van der Waals surface area contributed by atoms with Gasteiger partial charge in [0.1, 0.15) is 5.75 Å². The van der Waals surface area contributed by atoms with Crippen LogP contribution in [0.4, 0.5) is 5.69 Å². The van der Waals surface area contributed by atoms with Gasteiger partial charge in [0.2, 0.25) is 0 Å². The first-order valence-corrected chi connectivity index (χ1v) is 6.84. The first-order valence-electron chi connectivity index (χ1n) is 6.84. The molecule has 1 N–H and O–H groups in total. The highest BCUT2D eigenvalue weighted by atomic mass is 16.6. The number of ether oxygens (including phenoxy) is 1. The molecule has 0 saturated carbocycles. The monoisotopic (exact) mass is 279 g/mol. The molecular formula is C14H21N3O3. The molecule has 0 spiro atoms. The summed E-state index contributed by atoms with van der Waals surface area (Å²) in [7, 11) is 3.71. The fourth-order valence-corrected chi connectivity index (χ4v) is 2.63. The lowest BCUT2D eigenvalue weighted by Crippen LogP contribution is -2.35. The number of hydrogen-bond donors (Lipinski definition) is 1. The lowest BCUT2D eigenvalue weighted by atomic mass is 10.1. The highest BCUT2D eigenvalue weighted by molar-refractivity contribution is 5.43. The quantitative estimate of drug-likeness (QED) is 0.635. The standard InChI is InChI=1S/C14H21N3O3/c1-16-7-3-4-13(16)10-15-9-11-8-12(17(18)19)5-6-14(11)20-2/h5-6,8,13,15H,3-4,7,9-10H2,1-2H3. The van der Waals surface area contributed by atoms with E-state index in [0.717, 1.165) is 18.7 Å². The summed E-state index contributed by atoms with van der Waals surface area (Å²) in [6, 6.07) is 5.24. The summed E-state index contributed by atoms with van der Waals surface area (Å²) in [5.41, 5.74) is 0.919. The van der Waals surface area contributed by atoms with Crippen molar-refractivity contribution in [3.05, 3.63) is 33.9 Å². The van der Waals surface area contributed by atoms with Gasteiger partial charge in [0.05, 0.1) is 12.0 Å². The van der Waals surface area contributed by atoms with Gasteiger partial charge in [-0.25, -0.2) is 0 Å². The minimum atomic E-state index is -0.381. The summed E-state index contributed by atoms with van der Waals surface area (Å²) >= 11 is 0. The molecule has 1 aliphatic rings. The third-order valence-electron chi connectivity index (χ3n) is 3.84. The van der Waals surface area contributed by atoms with E-state index in [1.165, 1.54) is 18.9 Å². The zero-order valence-electron chi connectivity index (χ0n) is 12.0. The number of hydrogen-bond acceptors (Lipinski definition) is 5. The summed E-state index contributed by atoms with van der Waals surface area (Å²) in [4.78, 5) is 12.8. The van der Waals surface area contributed by atoms with E-state index in [9.17, 15) is 10.1 Å². The number of likely N-dealkylation sites (tertiary alicyclic amines) is 1. The SMILES string of the molecule is COc1ccc([N+](=O)[O-])cc1CNCC1CCCN1C. The van der Waals surface area contributed by atoms with Crippen LogP contribution in [-0.4, -0.2) is 43.1 Å². The number of likely N-dealkylation sites (N-methyl/N-ethyl adjacent to an activating group) is 1. The Labute approximate surface area is 118 Å².